The summed E-state index contributed by atoms with van der Waals surface area (Å²) in [5.74, 6) is 1.90. The van der Waals surface area contributed by atoms with Gasteiger partial charge in [-0.15, -0.1) is 0 Å². The van der Waals surface area contributed by atoms with Crippen LogP contribution in [0.2, 0.25) is 0 Å². The van der Waals surface area contributed by atoms with Crippen molar-refractivity contribution in [3.63, 3.8) is 0 Å². The van der Waals surface area contributed by atoms with Crippen LogP contribution in [0.1, 0.15) is 21.5 Å². The number of pyridine rings is 1. The second-order valence-electron chi connectivity index (χ2n) is 6.75. The van der Waals surface area contributed by atoms with Crippen molar-refractivity contribution in [2.45, 2.75) is 13.8 Å². The summed E-state index contributed by atoms with van der Waals surface area (Å²) < 4.78 is 11.1. The molecule has 28 heavy (non-hydrogen) atoms. The molecule has 0 atom stereocenters. The standard InChI is InChI=1S/C22H21N3O3/c1-14-9-15(2)11-18(10-14)25-22(26)16-3-6-21(23-13-16)24-17-4-5-19-20(12-17)28-8-7-27-19/h3-6,9-13H,7-8H2,1-2H3,(H,23,24)(H,25,26). The first kappa shape index (κ1) is 17.9. The van der Waals surface area contributed by atoms with E-state index in [1.54, 1.807) is 18.3 Å². The number of aryl methyl sites for hydroxylation is 2. The van der Waals surface area contributed by atoms with Gasteiger partial charge in [-0.1, -0.05) is 6.07 Å². The molecule has 0 bridgehead atoms. The molecule has 1 aliphatic rings. The zero-order valence-electron chi connectivity index (χ0n) is 15.8. The van der Waals surface area contributed by atoms with E-state index in [9.17, 15) is 4.79 Å². The Labute approximate surface area is 163 Å². The van der Waals surface area contributed by atoms with Gasteiger partial charge in [0.2, 0.25) is 0 Å². The number of benzene rings is 2. The number of aromatic nitrogens is 1. The summed E-state index contributed by atoms with van der Waals surface area (Å²) in [4.78, 5) is 16.8. The number of nitrogens with one attached hydrogen (secondary N) is 2. The average molecular weight is 375 g/mol. The van der Waals surface area contributed by atoms with Crippen LogP contribution in [0.15, 0.2) is 54.7 Å². The quantitative estimate of drug-likeness (QED) is 0.704. The number of anilines is 3. The molecule has 1 amide bonds. The lowest BCUT2D eigenvalue weighted by molar-refractivity contribution is 0.102. The summed E-state index contributed by atoms with van der Waals surface area (Å²) in [6.45, 7) is 5.11. The van der Waals surface area contributed by atoms with Crippen LogP contribution >= 0.6 is 0 Å². The first-order valence-electron chi connectivity index (χ1n) is 9.09. The third-order valence-corrected chi connectivity index (χ3v) is 4.32. The Kier molecular flexibility index (Phi) is 4.85. The second kappa shape index (κ2) is 7.60. The van der Waals surface area contributed by atoms with E-state index in [-0.39, 0.29) is 5.91 Å². The van der Waals surface area contributed by atoms with Crippen LogP contribution < -0.4 is 20.1 Å². The van der Waals surface area contributed by atoms with Gasteiger partial charge in [0.1, 0.15) is 19.0 Å². The molecule has 2 heterocycles. The van der Waals surface area contributed by atoms with Crippen molar-refractivity contribution in [3.8, 4) is 11.5 Å². The molecule has 3 aromatic rings. The Balaban J connectivity index is 1.44. The highest BCUT2D eigenvalue weighted by atomic mass is 16.6. The van der Waals surface area contributed by atoms with Gasteiger partial charge in [0.05, 0.1) is 5.56 Å². The van der Waals surface area contributed by atoms with Gasteiger partial charge in [0.15, 0.2) is 11.5 Å². The van der Waals surface area contributed by atoms with E-state index < -0.39 is 0 Å². The third kappa shape index (κ3) is 4.06. The molecule has 0 saturated heterocycles. The topological polar surface area (TPSA) is 72.5 Å². The summed E-state index contributed by atoms with van der Waals surface area (Å²) in [5.41, 5.74) is 4.32. The lowest BCUT2D eigenvalue weighted by Gasteiger charge is -2.19. The number of ether oxygens (including phenoxy) is 2. The number of nitrogens with zero attached hydrogens (tertiary/aromatic N) is 1. The Hall–Kier alpha value is -3.54. The molecule has 4 rings (SSSR count). The minimum atomic E-state index is -0.191. The van der Waals surface area contributed by atoms with Crippen LogP contribution in [0, 0.1) is 13.8 Å². The molecule has 0 fully saturated rings. The molecule has 142 valence electrons. The molecule has 6 heteroatoms. The lowest BCUT2D eigenvalue weighted by Crippen LogP contribution is -2.15. The highest BCUT2D eigenvalue weighted by Gasteiger charge is 2.12. The third-order valence-electron chi connectivity index (χ3n) is 4.32. The predicted octanol–water partition coefficient (Wildman–Crippen LogP) is 4.47. The van der Waals surface area contributed by atoms with Crippen molar-refractivity contribution in [1.29, 1.82) is 0 Å². The highest BCUT2D eigenvalue weighted by molar-refractivity contribution is 6.04. The minimum Gasteiger partial charge on any atom is -0.486 e. The van der Waals surface area contributed by atoms with Crippen molar-refractivity contribution in [2.75, 3.05) is 23.8 Å². The van der Waals surface area contributed by atoms with E-state index in [1.807, 2.05) is 44.2 Å². The molecular formula is C22H21N3O3. The Morgan fingerprint density at radius 2 is 1.64 bits per heavy atom. The van der Waals surface area contributed by atoms with E-state index in [1.165, 1.54) is 0 Å². The van der Waals surface area contributed by atoms with Gasteiger partial charge in [-0.3, -0.25) is 4.79 Å². The molecule has 0 spiro atoms. The fraction of sp³-hybridized carbons (Fsp3) is 0.182. The van der Waals surface area contributed by atoms with Crippen LogP contribution in [0.3, 0.4) is 0 Å². The molecule has 0 unspecified atom stereocenters. The zero-order valence-corrected chi connectivity index (χ0v) is 15.8. The molecule has 1 aliphatic heterocycles. The summed E-state index contributed by atoms with van der Waals surface area (Å²) in [7, 11) is 0. The van der Waals surface area contributed by atoms with Gasteiger partial charge >= 0.3 is 0 Å². The van der Waals surface area contributed by atoms with Gasteiger partial charge in [0, 0.05) is 23.6 Å². The first-order valence-corrected chi connectivity index (χ1v) is 9.09. The molecule has 2 N–H and O–H groups in total. The summed E-state index contributed by atoms with van der Waals surface area (Å²) in [6.07, 6.45) is 1.55. The molecule has 6 nitrogen and oxygen atoms in total. The van der Waals surface area contributed by atoms with Crippen molar-refractivity contribution in [1.82, 2.24) is 4.98 Å². The van der Waals surface area contributed by atoms with Crippen molar-refractivity contribution in [3.05, 3.63) is 71.4 Å². The van der Waals surface area contributed by atoms with Crippen LogP contribution in [0.4, 0.5) is 17.2 Å². The van der Waals surface area contributed by atoms with Crippen molar-refractivity contribution < 1.29 is 14.3 Å². The fourth-order valence-corrected chi connectivity index (χ4v) is 3.12. The maximum atomic E-state index is 12.5. The Morgan fingerprint density at radius 1 is 0.893 bits per heavy atom. The number of carbonyl (C=O) groups is 1. The SMILES string of the molecule is Cc1cc(C)cc(NC(=O)c2ccc(Nc3ccc4c(c3)OCCO4)nc2)c1. The van der Waals surface area contributed by atoms with Crippen LogP contribution in [0.5, 0.6) is 11.5 Å². The van der Waals surface area contributed by atoms with Crippen LogP contribution in [-0.4, -0.2) is 24.1 Å². The minimum absolute atomic E-state index is 0.191. The number of rotatable bonds is 4. The van der Waals surface area contributed by atoms with Gasteiger partial charge in [-0.2, -0.15) is 0 Å². The molecule has 0 radical (unpaired) electrons. The lowest BCUT2D eigenvalue weighted by atomic mass is 10.1. The first-order chi connectivity index (χ1) is 13.6. The van der Waals surface area contributed by atoms with E-state index in [0.717, 1.165) is 28.3 Å². The van der Waals surface area contributed by atoms with E-state index in [0.29, 0.717) is 30.3 Å². The molecular weight excluding hydrogens is 354 g/mol. The summed E-state index contributed by atoms with van der Waals surface area (Å²) in [5, 5.41) is 6.12. The molecule has 0 saturated carbocycles. The number of hydrogen-bond acceptors (Lipinski definition) is 5. The fourth-order valence-electron chi connectivity index (χ4n) is 3.12. The van der Waals surface area contributed by atoms with E-state index >= 15 is 0 Å². The van der Waals surface area contributed by atoms with Gasteiger partial charge < -0.3 is 20.1 Å². The monoisotopic (exact) mass is 375 g/mol. The number of hydrogen-bond donors (Lipinski definition) is 2. The van der Waals surface area contributed by atoms with Gasteiger partial charge in [0.25, 0.3) is 5.91 Å². The van der Waals surface area contributed by atoms with Crippen LogP contribution in [-0.2, 0) is 0 Å². The average Bonchev–Trinajstić information content (AvgIpc) is 2.67. The zero-order chi connectivity index (χ0) is 19.5. The number of carbonyl (C=O) groups excluding carboxylic acids is 1. The molecule has 2 aromatic carbocycles. The Bertz CT molecular complexity index is 996. The second-order valence-corrected chi connectivity index (χ2v) is 6.75. The largest absolute Gasteiger partial charge is 0.486 e. The number of fused-ring (bicyclic) bond motifs is 1. The maximum absolute atomic E-state index is 12.5. The van der Waals surface area contributed by atoms with Gasteiger partial charge in [-0.25, -0.2) is 4.98 Å². The highest BCUT2D eigenvalue weighted by Crippen LogP contribution is 2.33. The van der Waals surface area contributed by atoms with Crippen molar-refractivity contribution >= 4 is 23.1 Å². The predicted molar refractivity (Wildman–Crippen MR) is 109 cm³/mol. The molecule has 1 aromatic heterocycles. The Morgan fingerprint density at radius 3 is 2.36 bits per heavy atom. The maximum Gasteiger partial charge on any atom is 0.257 e. The van der Waals surface area contributed by atoms with Crippen molar-refractivity contribution in [2.24, 2.45) is 0 Å². The molecule has 0 aliphatic carbocycles. The normalized spacial score (nSPS) is 12.4. The van der Waals surface area contributed by atoms with Gasteiger partial charge in [-0.05, 0) is 61.4 Å². The number of amides is 1. The van der Waals surface area contributed by atoms with E-state index in [2.05, 4.69) is 21.7 Å². The summed E-state index contributed by atoms with van der Waals surface area (Å²) >= 11 is 0. The van der Waals surface area contributed by atoms with E-state index in [4.69, 9.17) is 9.47 Å². The summed E-state index contributed by atoms with van der Waals surface area (Å²) in [6, 6.07) is 15.1. The smallest absolute Gasteiger partial charge is 0.257 e. The van der Waals surface area contributed by atoms with Crippen LogP contribution in [0.25, 0.3) is 0 Å².